The molecule has 7 heteroatoms. The number of halogens is 2. The molecule has 104 valence electrons. The first-order chi connectivity index (χ1) is 8.50. The predicted octanol–water partition coefficient (Wildman–Crippen LogP) is 1.18. The van der Waals surface area contributed by atoms with Crippen molar-refractivity contribution in [3.8, 4) is 0 Å². The summed E-state index contributed by atoms with van der Waals surface area (Å²) in [6.07, 6.45) is -0.788. The molecule has 0 radical (unpaired) electrons. The van der Waals surface area contributed by atoms with Gasteiger partial charge in [0.1, 0.15) is 6.61 Å². The molecule has 2 N–H and O–H groups in total. The lowest BCUT2D eigenvalue weighted by atomic mass is 9.97. The molecule has 1 aliphatic rings. The van der Waals surface area contributed by atoms with Crippen molar-refractivity contribution in [1.29, 1.82) is 0 Å². The average molecular weight is 280 g/mol. The summed E-state index contributed by atoms with van der Waals surface area (Å²) in [6, 6.07) is 0. The van der Waals surface area contributed by atoms with Gasteiger partial charge >= 0.3 is 0 Å². The van der Waals surface area contributed by atoms with E-state index in [0.717, 1.165) is 12.8 Å². The maximum atomic E-state index is 11.8. The van der Waals surface area contributed by atoms with Crippen LogP contribution in [0.15, 0.2) is 0 Å². The minimum atomic E-state index is -2.48. The number of ether oxygens (including phenoxy) is 1. The van der Waals surface area contributed by atoms with Gasteiger partial charge in [0.2, 0.25) is 5.91 Å². The highest BCUT2D eigenvalue weighted by atomic mass is 32.1. The third kappa shape index (κ3) is 5.22. The second kappa shape index (κ2) is 7.58. The Labute approximate surface area is 110 Å². The summed E-state index contributed by atoms with van der Waals surface area (Å²) in [5.41, 5.74) is 5.55. The summed E-state index contributed by atoms with van der Waals surface area (Å²) in [6.45, 7) is 0.667. The lowest BCUT2D eigenvalue weighted by molar-refractivity contribution is -0.133. The summed E-state index contributed by atoms with van der Waals surface area (Å²) >= 11 is 4.91. The summed E-state index contributed by atoms with van der Waals surface area (Å²) in [4.78, 5) is 13.9. The van der Waals surface area contributed by atoms with Gasteiger partial charge in [-0.3, -0.25) is 4.79 Å². The SMILES string of the molecule is NC(=S)C1CCN(C(=O)CCOCC(F)F)CC1. The lowest BCUT2D eigenvalue weighted by Crippen LogP contribution is -2.41. The Morgan fingerprint density at radius 3 is 2.56 bits per heavy atom. The molecule has 18 heavy (non-hydrogen) atoms. The van der Waals surface area contributed by atoms with Crippen molar-refractivity contribution in [3.63, 3.8) is 0 Å². The molecule has 0 aliphatic carbocycles. The van der Waals surface area contributed by atoms with E-state index in [-0.39, 0.29) is 24.9 Å². The summed E-state index contributed by atoms with van der Waals surface area (Å²) in [5, 5.41) is 0. The highest BCUT2D eigenvalue weighted by molar-refractivity contribution is 7.80. The molecular formula is C11H18F2N2O2S. The zero-order valence-electron chi connectivity index (χ0n) is 10.1. The van der Waals surface area contributed by atoms with Gasteiger partial charge in [-0.05, 0) is 12.8 Å². The highest BCUT2D eigenvalue weighted by Crippen LogP contribution is 2.17. The molecule has 1 fully saturated rings. The van der Waals surface area contributed by atoms with Crippen molar-refractivity contribution in [1.82, 2.24) is 4.90 Å². The smallest absolute Gasteiger partial charge is 0.261 e. The van der Waals surface area contributed by atoms with Crippen LogP contribution in [-0.4, -0.2) is 48.5 Å². The van der Waals surface area contributed by atoms with E-state index < -0.39 is 13.0 Å². The number of alkyl halides is 2. The van der Waals surface area contributed by atoms with Crippen LogP contribution in [0, 0.1) is 5.92 Å². The molecule has 0 atom stereocenters. The minimum Gasteiger partial charge on any atom is -0.393 e. The van der Waals surface area contributed by atoms with Crippen LogP contribution in [0.25, 0.3) is 0 Å². The van der Waals surface area contributed by atoms with E-state index in [1.165, 1.54) is 0 Å². The zero-order valence-corrected chi connectivity index (χ0v) is 10.9. The van der Waals surface area contributed by atoms with Crippen molar-refractivity contribution in [3.05, 3.63) is 0 Å². The minimum absolute atomic E-state index is 0.0401. The fourth-order valence-electron chi connectivity index (χ4n) is 1.90. The third-order valence-electron chi connectivity index (χ3n) is 2.95. The Kier molecular flexibility index (Phi) is 6.42. The number of hydrogen-bond acceptors (Lipinski definition) is 3. The van der Waals surface area contributed by atoms with Crippen molar-refractivity contribution >= 4 is 23.1 Å². The lowest BCUT2D eigenvalue weighted by Gasteiger charge is -2.31. The standard InChI is InChI=1S/C11H18F2N2O2S/c12-9(13)7-17-6-3-10(16)15-4-1-8(2-5-15)11(14)18/h8-9H,1-7H2,(H2,14,18). The second-order valence-electron chi connectivity index (χ2n) is 4.27. The van der Waals surface area contributed by atoms with Crippen LogP contribution in [0.4, 0.5) is 8.78 Å². The maximum absolute atomic E-state index is 11.8. The largest absolute Gasteiger partial charge is 0.393 e. The van der Waals surface area contributed by atoms with E-state index in [4.69, 9.17) is 18.0 Å². The molecule has 0 bridgehead atoms. The monoisotopic (exact) mass is 280 g/mol. The second-order valence-corrected chi connectivity index (χ2v) is 4.74. The zero-order chi connectivity index (χ0) is 13.5. The number of thiocarbonyl (C=S) groups is 1. The van der Waals surface area contributed by atoms with Crippen LogP contribution < -0.4 is 5.73 Å². The van der Waals surface area contributed by atoms with Gasteiger partial charge in [-0.1, -0.05) is 12.2 Å². The third-order valence-corrected chi connectivity index (χ3v) is 3.29. The molecule has 1 heterocycles. The van der Waals surface area contributed by atoms with Gasteiger partial charge in [-0.2, -0.15) is 0 Å². The number of likely N-dealkylation sites (tertiary alicyclic amines) is 1. The Morgan fingerprint density at radius 2 is 2.06 bits per heavy atom. The molecule has 1 rings (SSSR count). The average Bonchev–Trinajstić information content (AvgIpc) is 2.34. The number of hydrogen-bond donors (Lipinski definition) is 1. The fourth-order valence-corrected chi connectivity index (χ4v) is 2.14. The van der Waals surface area contributed by atoms with Crippen molar-refractivity contribution in [2.45, 2.75) is 25.7 Å². The molecule has 1 aliphatic heterocycles. The van der Waals surface area contributed by atoms with Crippen LogP contribution >= 0.6 is 12.2 Å². The molecule has 0 unspecified atom stereocenters. The molecule has 0 aromatic heterocycles. The molecule has 0 spiro atoms. The van der Waals surface area contributed by atoms with E-state index in [2.05, 4.69) is 4.74 Å². The van der Waals surface area contributed by atoms with Crippen LogP contribution in [0.2, 0.25) is 0 Å². The molecule has 4 nitrogen and oxygen atoms in total. The van der Waals surface area contributed by atoms with Crippen LogP contribution in [-0.2, 0) is 9.53 Å². The fraction of sp³-hybridized carbons (Fsp3) is 0.818. The van der Waals surface area contributed by atoms with Crippen molar-refractivity contribution in [2.24, 2.45) is 11.7 Å². The van der Waals surface area contributed by atoms with Gasteiger partial charge in [0, 0.05) is 19.0 Å². The summed E-state index contributed by atoms with van der Waals surface area (Å²) in [7, 11) is 0. The molecule has 1 amide bonds. The van der Waals surface area contributed by atoms with E-state index in [1.54, 1.807) is 4.90 Å². The number of carbonyl (C=O) groups excluding carboxylic acids is 1. The predicted molar refractivity (Wildman–Crippen MR) is 67.5 cm³/mol. The Balaban J connectivity index is 2.18. The van der Waals surface area contributed by atoms with E-state index in [9.17, 15) is 13.6 Å². The normalized spacial score (nSPS) is 17.2. The van der Waals surface area contributed by atoms with Gasteiger partial charge in [0.25, 0.3) is 6.43 Å². The first kappa shape index (κ1) is 15.2. The number of nitrogens with zero attached hydrogens (tertiary/aromatic N) is 1. The number of amides is 1. The maximum Gasteiger partial charge on any atom is 0.261 e. The van der Waals surface area contributed by atoms with Gasteiger partial charge in [-0.25, -0.2) is 8.78 Å². The van der Waals surface area contributed by atoms with E-state index in [0.29, 0.717) is 18.1 Å². The number of rotatable bonds is 6. The number of carbonyl (C=O) groups is 1. The van der Waals surface area contributed by atoms with E-state index in [1.807, 2.05) is 0 Å². The topological polar surface area (TPSA) is 55.6 Å². The van der Waals surface area contributed by atoms with E-state index >= 15 is 0 Å². The van der Waals surface area contributed by atoms with Gasteiger partial charge in [0.05, 0.1) is 18.0 Å². The van der Waals surface area contributed by atoms with Crippen LogP contribution in [0.5, 0.6) is 0 Å². The van der Waals surface area contributed by atoms with Gasteiger partial charge < -0.3 is 15.4 Å². The van der Waals surface area contributed by atoms with Crippen LogP contribution in [0.1, 0.15) is 19.3 Å². The number of nitrogens with two attached hydrogens (primary N) is 1. The molecule has 0 saturated carbocycles. The van der Waals surface area contributed by atoms with Crippen molar-refractivity contribution < 1.29 is 18.3 Å². The first-order valence-corrected chi connectivity index (χ1v) is 6.34. The first-order valence-electron chi connectivity index (χ1n) is 5.93. The van der Waals surface area contributed by atoms with Gasteiger partial charge in [0.15, 0.2) is 0 Å². The molecular weight excluding hydrogens is 262 g/mol. The van der Waals surface area contributed by atoms with Gasteiger partial charge in [-0.15, -0.1) is 0 Å². The molecule has 1 saturated heterocycles. The quantitative estimate of drug-likeness (QED) is 0.586. The Hall–Kier alpha value is -0.820. The highest BCUT2D eigenvalue weighted by Gasteiger charge is 2.23. The Bertz CT molecular complexity index is 295. The number of piperidine rings is 1. The summed E-state index contributed by atoms with van der Waals surface area (Å²) in [5.74, 6) is 0.143. The summed E-state index contributed by atoms with van der Waals surface area (Å²) < 4.78 is 28.3. The molecule has 0 aromatic rings. The van der Waals surface area contributed by atoms with Crippen LogP contribution in [0.3, 0.4) is 0 Å². The Morgan fingerprint density at radius 1 is 1.44 bits per heavy atom. The van der Waals surface area contributed by atoms with Crippen molar-refractivity contribution in [2.75, 3.05) is 26.3 Å². The molecule has 0 aromatic carbocycles.